The number of aromatic hydroxyl groups is 1. The first-order valence-corrected chi connectivity index (χ1v) is 14.4. The first kappa shape index (κ1) is 33.8. The summed E-state index contributed by atoms with van der Waals surface area (Å²) in [4.78, 5) is 24.4. The van der Waals surface area contributed by atoms with Crippen molar-refractivity contribution in [3.8, 4) is 5.75 Å². The predicted octanol–water partition coefficient (Wildman–Crippen LogP) is 8.62. The van der Waals surface area contributed by atoms with Gasteiger partial charge in [0, 0.05) is 13.0 Å². The zero-order valence-electron chi connectivity index (χ0n) is 23.9. The minimum atomic E-state index is -0.587. The van der Waals surface area contributed by atoms with E-state index in [1.165, 1.54) is 12.1 Å². The SMILES string of the molecule is CC/C=C\C/C=C\C/C=C\C/C=C\C/C=C\CCCCO[C@H](CC)C(=O)CCCOC(=O)c1ccccc1O. The smallest absolute Gasteiger partial charge is 0.341 e. The van der Waals surface area contributed by atoms with Crippen molar-refractivity contribution < 1.29 is 24.2 Å². The predicted molar refractivity (Wildman–Crippen MR) is 161 cm³/mol. The zero-order valence-corrected chi connectivity index (χ0v) is 23.9. The summed E-state index contributed by atoms with van der Waals surface area (Å²) in [5.74, 6) is -0.662. The van der Waals surface area contributed by atoms with E-state index in [1.54, 1.807) is 12.1 Å². The number of phenolic OH excluding ortho intramolecular Hbond substituents is 1. The molecule has 1 rings (SSSR count). The fraction of sp³-hybridized carbons (Fsp3) is 0.471. The second-order valence-corrected chi connectivity index (χ2v) is 9.19. The van der Waals surface area contributed by atoms with Gasteiger partial charge in [-0.2, -0.15) is 0 Å². The highest BCUT2D eigenvalue weighted by Gasteiger charge is 2.17. The van der Waals surface area contributed by atoms with Gasteiger partial charge in [0.1, 0.15) is 17.4 Å². The summed E-state index contributed by atoms with van der Waals surface area (Å²) in [7, 11) is 0. The molecule has 39 heavy (non-hydrogen) atoms. The Morgan fingerprint density at radius 2 is 1.36 bits per heavy atom. The van der Waals surface area contributed by atoms with Gasteiger partial charge >= 0.3 is 5.97 Å². The van der Waals surface area contributed by atoms with E-state index in [9.17, 15) is 14.7 Å². The highest BCUT2D eigenvalue weighted by Crippen LogP contribution is 2.17. The molecule has 0 amide bonds. The van der Waals surface area contributed by atoms with E-state index in [1.807, 2.05) is 6.92 Å². The second kappa shape index (κ2) is 23.9. The molecular formula is C34H48O5. The monoisotopic (exact) mass is 536 g/mol. The summed E-state index contributed by atoms with van der Waals surface area (Å²) in [6.07, 6.45) is 30.9. The molecule has 0 fully saturated rings. The molecule has 5 heteroatoms. The van der Waals surface area contributed by atoms with Crippen LogP contribution in [0.5, 0.6) is 5.75 Å². The molecule has 1 aromatic rings. The fourth-order valence-corrected chi connectivity index (χ4v) is 3.69. The lowest BCUT2D eigenvalue weighted by Crippen LogP contribution is -2.24. The molecular weight excluding hydrogens is 488 g/mol. The number of carbonyl (C=O) groups is 2. The average molecular weight is 537 g/mol. The van der Waals surface area contributed by atoms with Crippen LogP contribution in [0.4, 0.5) is 0 Å². The number of benzene rings is 1. The number of unbranched alkanes of at least 4 members (excludes halogenated alkanes) is 2. The molecule has 0 saturated heterocycles. The van der Waals surface area contributed by atoms with Gasteiger partial charge in [-0.25, -0.2) is 4.79 Å². The molecule has 0 unspecified atom stereocenters. The summed E-state index contributed by atoms with van der Waals surface area (Å²) in [5.41, 5.74) is 0.128. The minimum absolute atomic E-state index is 0.0361. The van der Waals surface area contributed by atoms with Gasteiger partial charge in [-0.1, -0.05) is 86.7 Å². The maximum Gasteiger partial charge on any atom is 0.341 e. The number of rotatable bonds is 22. The maximum atomic E-state index is 12.4. The van der Waals surface area contributed by atoms with Gasteiger partial charge in [-0.05, 0) is 76.3 Å². The molecule has 0 heterocycles. The van der Waals surface area contributed by atoms with Crippen LogP contribution in [0.2, 0.25) is 0 Å². The first-order valence-electron chi connectivity index (χ1n) is 14.4. The topological polar surface area (TPSA) is 72.8 Å². The molecule has 0 spiro atoms. The Hall–Kier alpha value is -3.18. The van der Waals surface area contributed by atoms with E-state index in [2.05, 4.69) is 67.7 Å². The van der Waals surface area contributed by atoms with Crippen molar-refractivity contribution in [2.75, 3.05) is 13.2 Å². The van der Waals surface area contributed by atoms with Crippen molar-refractivity contribution >= 4 is 11.8 Å². The lowest BCUT2D eigenvalue weighted by molar-refractivity contribution is -0.131. The van der Waals surface area contributed by atoms with Gasteiger partial charge in [-0.3, -0.25) is 4.79 Å². The number of carbonyl (C=O) groups excluding carboxylic acids is 2. The number of para-hydroxylation sites is 1. The van der Waals surface area contributed by atoms with E-state index in [-0.39, 0.29) is 23.7 Å². The van der Waals surface area contributed by atoms with Crippen LogP contribution in [0.15, 0.2) is 85.0 Å². The Kier molecular flexibility index (Phi) is 20.7. The van der Waals surface area contributed by atoms with Crippen LogP contribution in [0.1, 0.15) is 94.8 Å². The van der Waals surface area contributed by atoms with Crippen LogP contribution in [-0.2, 0) is 14.3 Å². The molecule has 5 nitrogen and oxygen atoms in total. The Labute approximate surface area is 236 Å². The summed E-state index contributed by atoms with van der Waals surface area (Å²) >= 11 is 0. The number of ketones is 1. The summed E-state index contributed by atoms with van der Waals surface area (Å²) < 4.78 is 11.0. The molecule has 1 N–H and O–H groups in total. The third kappa shape index (κ3) is 17.9. The first-order chi connectivity index (χ1) is 19.1. The number of esters is 1. The van der Waals surface area contributed by atoms with E-state index in [0.29, 0.717) is 25.9 Å². The number of ether oxygens (including phenoxy) is 2. The summed E-state index contributed by atoms with van der Waals surface area (Å²) in [5, 5.41) is 9.70. The van der Waals surface area contributed by atoms with E-state index >= 15 is 0 Å². The van der Waals surface area contributed by atoms with E-state index in [0.717, 1.165) is 51.4 Å². The maximum absolute atomic E-state index is 12.4. The van der Waals surface area contributed by atoms with Crippen molar-refractivity contribution in [2.24, 2.45) is 0 Å². The molecule has 1 aromatic carbocycles. The Morgan fingerprint density at radius 3 is 1.95 bits per heavy atom. The van der Waals surface area contributed by atoms with Crippen molar-refractivity contribution in [2.45, 2.75) is 90.6 Å². The molecule has 0 saturated carbocycles. The number of phenols is 1. The van der Waals surface area contributed by atoms with Crippen molar-refractivity contribution in [3.63, 3.8) is 0 Å². The zero-order chi connectivity index (χ0) is 28.4. The molecule has 0 aliphatic heterocycles. The van der Waals surface area contributed by atoms with Gasteiger partial charge < -0.3 is 14.6 Å². The van der Waals surface area contributed by atoms with Gasteiger partial charge in [0.15, 0.2) is 5.78 Å². The summed E-state index contributed by atoms with van der Waals surface area (Å²) in [6.45, 7) is 4.78. The van der Waals surface area contributed by atoms with Crippen LogP contribution < -0.4 is 0 Å². The molecule has 0 bridgehead atoms. The van der Waals surface area contributed by atoms with Crippen LogP contribution in [-0.4, -0.2) is 36.2 Å². The standard InChI is InChI=1S/C34H48O5/c1-3-5-6-7-8-9-10-11-12-13-14-15-16-17-18-19-20-23-28-38-33(4-2)32(36)27-24-29-39-34(37)30-25-21-22-26-31(30)35/h5-6,8-9,11-12,14-15,17-18,21-22,25-26,33,35H,3-4,7,10,13,16,19-20,23-24,27-29H2,1-2H3/b6-5-,9-8-,12-11-,15-14-,18-17-/t33-/m1/s1. The van der Waals surface area contributed by atoms with E-state index in [4.69, 9.17) is 9.47 Å². The second-order valence-electron chi connectivity index (χ2n) is 9.19. The molecule has 0 radical (unpaired) electrons. The Morgan fingerprint density at radius 1 is 0.769 bits per heavy atom. The molecule has 1 atom stereocenters. The highest BCUT2D eigenvalue weighted by molar-refractivity contribution is 5.92. The number of hydrogen-bond acceptors (Lipinski definition) is 5. The van der Waals surface area contributed by atoms with Gasteiger partial charge in [0.25, 0.3) is 0 Å². The normalized spacial score (nSPS) is 13.0. The lowest BCUT2D eigenvalue weighted by Gasteiger charge is -2.15. The molecule has 0 aromatic heterocycles. The molecule has 214 valence electrons. The Balaban J connectivity index is 2.05. The highest BCUT2D eigenvalue weighted by atomic mass is 16.5. The number of Topliss-reactive ketones (excluding diaryl/α,β-unsaturated/α-hetero) is 1. The van der Waals surface area contributed by atoms with Crippen LogP contribution >= 0.6 is 0 Å². The summed E-state index contributed by atoms with van der Waals surface area (Å²) in [6, 6.07) is 6.24. The average Bonchev–Trinajstić information content (AvgIpc) is 2.94. The fourth-order valence-electron chi connectivity index (χ4n) is 3.69. The third-order valence-corrected chi connectivity index (χ3v) is 5.90. The van der Waals surface area contributed by atoms with Crippen LogP contribution in [0, 0.1) is 0 Å². The van der Waals surface area contributed by atoms with Crippen molar-refractivity contribution in [1.29, 1.82) is 0 Å². The molecule has 0 aliphatic rings. The van der Waals surface area contributed by atoms with Gasteiger partial charge in [0.2, 0.25) is 0 Å². The number of allylic oxidation sites excluding steroid dienone is 10. The van der Waals surface area contributed by atoms with Crippen LogP contribution in [0.3, 0.4) is 0 Å². The largest absolute Gasteiger partial charge is 0.507 e. The van der Waals surface area contributed by atoms with Crippen molar-refractivity contribution in [3.05, 3.63) is 90.6 Å². The Bertz CT molecular complexity index is 939. The third-order valence-electron chi connectivity index (χ3n) is 5.90. The number of hydrogen-bond donors (Lipinski definition) is 1. The minimum Gasteiger partial charge on any atom is -0.507 e. The van der Waals surface area contributed by atoms with Crippen molar-refractivity contribution in [1.82, 2.24) is 0 Å². The quantitative estimate of drug-likeness (QED) is 0.0912. The van der Waals surface area contributed by atoms with E-state index < -0.39 is 12.1 Å². The lowest BCUT2D eigenvalue weighted by atomic mass is 10.1. The molecule has 0 aliphatic carbocycles. The van der Waals surface area contributed by atoms with Gasteiger partial charge in [0.05, 0.1) is 6.61 Å². The van der Waals surface area contributed by atoms with Gasteiger partial charge in [-0.15, -0.1) is 0 Å². The van der Waals surface area contributed by atoms with Crippen LogP contribution in [0.25, 0.3) is 0 Å².